The summed E-state index contributed by atoms with van der Waals surface area (Å²) in [7, 11) is 2.07. The third-order valence-corrected chi connectivity index (χ3v) is 13.7. The van der Waals surface area contributed by atoms with E-state index in [4.69, 9.17) is 5.73 Å². The van der Waals surface area contributed by atoms with Crippen LogP contribution >= 0.6 is 0 Å². The molecule has 4 atom stereocenters. The van der Waals surface area contributed by atoms with Gasteiger partial charge in [0.25, 0.3) is 0 Å². The van der Waals surface area contributed by atoms with E-state index in [1.807, 2.05) is 0 Å². The van der Waals surface area contributed by atoms with Crippen LogP contribution in [0.25, 0.3) is 0 Å². The average Bonchev–Trinajstić information content (AvgIpc) is 3.16. The molecule has 3 heterocycles. The van der Waals surface area contributed by atoms with Crippen LogP contribution in [0.1, 0.15) is 147 Å². The average molecular weight is 641 g/mol. The largest absolute Gasteiger partial charge is 0.339 e. The zero-order chi connectivity index (χ0) is 34.7. The van der Waals surface area contributed by atoms with E-state index in [-0.39, 0.29) is 50.2 Å². The van der Waals surface area contributed by atoms with Gasteiger partial charge in [-0.3, -0.25) is 9.59 Å². The molecule has 2 aliphatic heterocycles. The van der Waals surface area contributed by atoms with Gasteiger partial charge in [0.2, 0.25) is 18.1 Å². The first kappa shape index (κ1) is 36.9. The molecular weight excluding hydrogens is 570 g/mol. The van der Waals surface area contributed by atoms with Gasteiger partial charge in [-0.25, -0.2) is 9.13 Å². The maximum atomic E-state index is 13.6. The molecule has 46 heavy (non-hydrogen) atoms. The van der Waals surface area contributed by atoms with E-state index >= 15 is 0 Å². The fourth-order valence-corrected chi connectivity index (χ4v) is 9.04. The molecule has 3 fully saturated rings. The van der Waals surface area contributed by atoms with Gasteiger partial charge in [-0.15, -0.1) is 0 Å². The van der Waals surface area contributed by atoms with E-state index < -0.39 is 0 Å². The molecule has 262 valence electrons. The van der Waals surface area contributed by atoms with E-state index in [9.17, 15) is 9.59 Å². The minimum Gasteiger partial charge on any atom is -0.339 e. The third-order valence-electron chi connectivity index (χ3n) is 13.7. The predicted molar refractivity (Wildman–Crippen MR) is 188 cm³/mol. The van der Waals surface area contributed by atoms with Gasteiger partial charge in [0, 0.05) is 44.4 Å². The van der Waals surface area contributed by atoms with Crippen molar-refractivity contribution in [3.05, 3.63) is 18.7 Å². The Morgan fingerprint density at radius 3 is 1.76 bits per heavy atom. The number of aryl methyl sites for hydroxylation is 1. The summed E-state index contributed by atoms with van der Waals surface area (Å²) >= 11 is 0. The summed E-state index contributed by atoms with van der Waals surface area (Å²) in [6.07, 6.45) is 15.6. The van der Waals surface area contributed by atoms with E-state index in [2.05, 4.69) is 128 Å². The van der Waals surface area contributed by atoms with Gasteiger partial charge in [0.15, 0.2) is 0 Å². The molecule has 2 saturated heterocycles. The molecule has 4 rings (SSSR count). The van der Waals surface area contributed by atoms with Crippen LogP contribution in [0.2, 0.25) is 0 Å². The first-order chi connectivity index (χ1) is 20.9. The maximum absolute atomic E-state index is 13.6. The van der Waals surface area contributed by atoms with Crippen LogP contribution in [0.4, 0.5) is 0 Å². The van der Waals surface area contributed by atoms with Crippen LogP contribution in [-0.2, 0) is 22.2 Å². The highest BCUT2D eigenvalue weighted by atomic mass is 16.2. The zero-order valence-corrected chi connectivity index (χ0v) is 32.1. The summed E-state index contributed by atoms with van der Waals surface area (Å²) in [6, 6.07) is 0.184. The molecule has 2 N–H and O–H groups in total. The summed E-state index contributed by atoms with van der Waals surface area (Å²) in [6.45, 7) is 30.1. The third kappa shape index (κ3) is 6.83. The highest BCUT2D eigenvalue weighted by Gasteiger charge is 2.70. The van der Waals surface area contributed by atoms with Crippen molar-refractivity contribution >= 4 is 11.8 Å². The van der Waals surface area contributed by atoms with Crippen LogP contribution in [0.5, 0.6) is 0 Å². The first-order valence-electron chi connectivity index (χ1n) is 18.3. The number of likely N-dealkylation sites (tertiary alicyclic amines) is 2. The molecule has 0 aromatic carbocycles. The van der Waals surface area contributed by atoms with Gasteiger partial charge in [-0.05, 0) is 72.5 Å². The lowest BCUT2D eigenvalue weighted by Crippen LogP contribution is -2.59. The number of hydrogen-bond donors (Lipinski definition) is 1. The SMILES string of the molecule is C[n+]1ccn(C2(CC(C)(C)C(C)(C)C(CC(C)(C)C(C)(C)C(CC(C)(C)C)N3CCCCCC3=O)N3CCCC3=O)CC2(C)N)c1. The van der Waals surface area contributed by atoms with Crippen LogP contribution in [-0.4, -0.2) is 56.9 Å². The molecule has 0 radical (unpaired) electrons. The lowest BCUT2D eigenvalue weighted by molar-refractivity contribution is -0.671. The number of hydrogen-bond acceptors (Lipinski definition) is 3. The van der Waals surface area contributed by atoms with Gasteiger partial charge < -0.3 is 15.5 Å². The second kappa shape index (κ2) is 12.2. The van der Waals surface area contributed by atoms with E-state index in [1.165, 1.54) is 0 Å². The molecule has 7 heteroatoms. The predicted octanol–water partition coefficient (Wildman–Crippen LogP) is 7.21. The molecule has 1 aromatic rings. The van der Waals surface area contributed by atoms with Crippen molar-refractivity contribution in [3.63, 3.8) is 0 Å². The number of aromatic nitrogens is 2. The van der Waals surface area contributed by atoms with Gasteiger partial charge in [-0.1, -0.05) is 82.6 Å². The van der Waals surface area contributed by atoms with Crippen molar-refractivity contribution in [1.82, 2.24) is 14.4 Å². The number of amides is 2. The molecule has 2 amide bonds. The second-order valence-electron chi connectivity index (χ2n) is 19.6. The highest BCUT2D eigenvalue weighted by molar-refractivity contribution is 5.78. The lowest BCUT2D eigenvalue weighted by atomic mass is 9.53. The number of rotatable bonds is 12. The maximum Gasteiger partial charge on any atom is 0.244 e. The van der Waals surface area contributed by atoms with Crippen LogP contribution < -0.4 is 10.3 Å². The minimum atomic E-state index is -0.285. The quantitative estimate of drug-likeness (QED) is 0.245. The van der Waals surface area contributed by atoms with Crippen LogP contribution in [0.15, 0.2) is 18.7 Å². The summed E-state index contributed by atoms with van der Waals surface area (Å²) in [4.78, 5) is 31.8. The van der Waals surface area contributed by atoms with Crippen molar-refractivity contribution < 1.29 is 14.2 Å². The van der Waals surface area contributed by atoms with E-state index in [0.29, 0.717) is 24.7 Å². The van der Waals surface area contributed by atoms with Gasteiger partial charge >= 0.3 is 0 Å². The Bertz CT molecular complexity index is 1270. The normalized spacial score (nSPS) is 26.8. The van der Waals surface area contributed by atoms with E-state index in [1.54, 1.807) is 0 Å². The number of nitrogens with two attached hydrogens (primary N) is 1. The zero-order valence-electron chi connectivity index (χ0n) is 32.1. The molecule has 0 spiro atoms. The molecule has 1 saturated carbocycles. The molecule has 0 bridgehead atoms. The standard InChI is InChI=1S/C39H70N5O2/c1-33(2,3)24-29(43-20-16-14-15-18-31(43)45)36(8,9)34(4,5)25-30(44-21-17-19-32(44)46)37(10,11)35(6,7)26-39(27-38(39,12)40)42-23-22-41(13)28-42/h22-23,28-30H,14-21,24-27,40H2,1-13H3/q+1. The summed E-state index contributed by atoms with van der Waals surface area (Å²) in [5.41, 5.74) is 5.91. The second-order valence-corrected chi connectivity index (χ2v) is 19.6. The Hall–Kier alpha value is -1.89. The topological polar surface area (TPSA) is 75.5 Å². The Kier molecular flexibility index (Phi) is 9.81. The molecule has 1 aromatic heterocycles. The lowest BCUT2D eigenvalue weighted by Gasteiger charge is -2.57. The van der Waals surface area contributed by atoms with Crippen molar-refractivity contribution in [3.8, 4) is 0 Å². The van der Waals surface area contributed by atoms with Crippen molar-refractivity contribution in [2.75, 3.05) is 13.1 Å². The molecule has 3 aliphatic rings. The van der Waals surface area contributed by atoms with Gasteiger partial charge in [0.1, 0.15) is 17.9 Å². The molecule has 4 unspecified atom stereocenters. The Morgan fingerprint density at radius 2 is 1.28 bits per heavy atom. The number of carbonyl (C=O) groups excluding carboxylic acids is 2. The van der Waals surface area contributed by atoms with Gasteiger partial charge in [0.05, 0.1) is 12.6 Å². The highest BCUT2D eigenvalue weighted by Crippen LogP contribution is 2.62. The van der Waals surface area contributed by atoms with Crippen molar-refractivity contribution in [2.24, 2.45) is 39.9 Å². The number of imidazole rings is 1. The Morgan fingerprint density at radius 1 is 0.783 bits per heavy atom. The summed E-state index contributed by atoms with van der Waals surface area (Å²) in [5.74, 6) is 0.611. The number of carbonyl (C=O) groups is 2. The molecule has 1 aliphatic carbocycles. The molecular formula is C39H70N5O2+. The summed E-state index contributed by atoms with van der Waals surface area (Å²) in [5, 5.41) is 0. The van der Waals surface area contributed by atoms with Crippen LogP contribution in [0, 0.1) is 27.1 Å². The fourth-order valence-electron chi connectivity index (χ4n) is 9.04. The van der Waals surface area contributed by atoms with Crippen molar-refractivity contribution in [2.45, 2.75) is 170 Å². The Balaban J connectivity index is 1.73. The molecule has 7 nitrogen and oxygen atoms in total. The van der Waals surface area contributed by atoms with Gasteiger partial charge in [-0.2, -0.15) is 0 Å². The number of nitrogens with zero attached hydrogens (tertiary/aromatic N) is 4. The van der Waals surface area contributed by atoms with Crippen LogP contribution in [0.3, 0.4) is 0 Å². The minimum absolute atomic E-state index is 0.0579. The van der Waals surface area contributed by atoms with E-state index in [0.717, 1.165) is 64.5 Å². The fraction of sp³-hybridized carbons (Fsp3) is 0.872. The van der Waals surface area contributed by atoms with Crippen molar-refractivity contribution in [1.29, 1.82) is 0 Å². The smallest absolute Gasteiger partial charge is 0.244 e. The summed E-state index contributed by atoms with van der Waals surface area (Å²) < 4.78 is 4.46. The Labute approximate surface area is 282 Å². The first-order valence-corrected chi connectivity index (χ1v) is 18.3. The monoisotopic (exact) mass is 641 g/mol.